The van der Waals surface area contributed by atoms with Crippen LogP contribution in [0.3, 0.4) is 0 Å². The standard InChI is InChI=1S/C10H11F12O6P/c11-5(7(13)14)9(17,18)24-1-4(3-26-29(23,27-21)28-22)2-25-10(19,20)6(12)8(15)16/h4-8H,1-3H2. The summed E-state index contributed by atoms with van der Waals surface area (Å²) in [6.45, 7) is -5.16. The van der Waals surface area contributed by atoms with Gasteiger partial charge in [-0.1, -0.05) is 9.46 Å². The molecule has 176 valence electrons. The maximum atomic E-state index is 13.1. The van der Waals surface area contributed by atoms with Crippen molar-refractivity contribution < 1.29 is 81.0 Å². The molecule has 0 aromatic rings. The Bertz CT molecular complexity index is 487. The highest BCUT2D eigenvalue weighted by Gasteiger charge is 2.50. The van der Waals surface area contributed by atoms with Gasteiger partial charge in [0, 0.05) is 5.92 Å². The predicted octanol–water partition coefficient (Wildman–Crippen LogP) is 4.95. The lowest BCUT2D eigenvalue weighted by Crippen LogP contribution is -2.42. The molecule has 0 aromatic heterocycles. The third kappa shape index (κ3) is 9.25. The fraction of sp³-hybridized carbons (Fsp3) is 1.00. The molecule has 6 nitrogen and oxygen atoms in total. The van der Waals surface area contributed by atoms with Crippen molar-refractivity contribution >= 4 is 7.82 Å². The van der Waals surface area contributed by atoms with E-state index in [2.05, 4.69) is 23.5 Å². The first-order valence-electron chi connectivity index (χ1n) is 6.85. The van der Waals surface area contributed by atoms with Gasteiger partial charge in [0.15, 0.2) is 0 Å². The molecule has 0 aliphatic carbocycles. The molecular weight excluding hydrogens is 475 g/mol. The van der Waals surface area contributed by atoms with Gasteiger partial charge < -0.3 is 9.47 Å². The topological polar surface area (TPSA) is 63.2 Å². The predicted molar refractivity (Wildman–Crippen MR) is 65.0 cm³/mol. The first kappa shape index (κ1) is 28.2. The van der Waals surface area contributed by atoms with E-state index in [-0.39, 0.29) is 0 Å². The SMILES string of the molecule is O=P(OF)(OF)OCC(COC(F)(F)C(F)C(F)F)COC(F)(F)C(F)C(F)F. The Morgan fingerprint density at radius 1 is 0.690 bits per heavy atom. The lowest BCUT2D eigenvalue weighted by atomic mass is 10.2. The van der Waals surface area contributed by atoms with Crippen LogP contribution in [0.1, 0.15) is 0 Å². The molecule has 0 radical (unpaired) electrons. The zero-order valence-electron chi connectivity index (χ0n) is 13.4. The number of hydrogen-bond donors (Lipinski definition) is 0. The van der Waals surface area contributed by atoms with Gasteiger partial charge in [-0.2, -0.15) is 17.6 Å². The van der Waals surface area contributed by atoms with Crippen molar-refractivity contribution in [3.63, 3.8) is 0 Å². The van der Waals surface area contributed by atoms with Crippen molar-refractivity contribution in [1.82, 2.24) is 0 Å². The van der Waals surface area contributed by atoms with Crippen molar-refractivity contribution in [3.05, 3.63) is 0 Å². The van der Waals surface area contributed by atoms with Gasteiger partial charge in [-0.15, -0.1) is 0 Å². The van der Waals surface area contributed by atoms with E-state index in [1.807, 2.05) is 0 Å². The summed E-state index contributed by atoms with van der Waals surface area (Å²) in [5.74, 6) is -2.22. The monoisotopic (exact) mass is 486 g/mol. The molecule has 0 aliphatic rings. The van der Waals surface area contributed by atoms with Crippen molar-refractivity contribution in [2.75, 3.05) is 19.8 Å². The van der Waals surface area contributed by atoms with E-state index in [0.717, 1.165) is 0 Å². The third-order valence-corrected chi connectivity index (χ3v) is 3.55. The third-order valence-electron chi connectivity index (χ3n) is 2.74. The summed E-state index contributed by atoms with van der Waals surface area (Å²) in [7, 11) is -5.64. The fourth-order valence-corrected chi connectivity index (χ4v) is 1.80. The molecule has 0 rings (SSSR count). The Kier molecular flexibility index (Phi) is 11.2. The van der Waals surface area contributed by atoms with Gasteiger partial charge in [-0.25, -0.2) is 30.9 Å². The summed E-state index contributed by atoms with van der Waals surface area (Å²) >= 11 is 0. The van der Waals surface area contributed by atoms with Gasteiger partial charge in [-0.3, -0.25) is 4.52 Å². The van der Waals surface area contributed by atoms with Crippen LogP contribution in [-0.4, -0.2) is 57.2 Å². The van der Waals surface area contributed by atoms with Crippen molar-refractivity contribution in [1.29, 1.82) is 0 Å². The zero-order chi connectivity index (χ0) is 23.0. The Balaban J connectivity index is 5.18. The van der Waals surface area contributed by atoms with Crippen LogP contribution in [0.2, 0.25) is 0 Å². The smallest absolute Gasteiger partial charge is 0.318 e. The molecule has 0 N–H and O–H groups in total. The largest absolute Gasteiger partial charge is 0.537 e. The molecule has 0 saturated carbocycles. The molecule has 19 heteroatoms. The molecule has 0 amide bonds. The summed E-state index contributed by atoms with van der Waals surface area (Å²) < 4.78 is 175. The van der Waals surface area contributed by atoms with Gasteiger partial charge in [0.05, 0.1) is 19.8 Å². The van der Waals surface area contributed by atoms with Crippen LogP contribution in [-0.2, 0) is 28.0 Å². The van der Waals surface area contributed by atoms with Gasteiger partial charge >= 0.3 is 20.0 Å². The maximum absolute atomic E-state index is 13.1. The minimum atomic E-state index is -5.64. The Morgan fingerprint density at radius 3 is 1.31 bits per heavy atom. The number of phosphoric acid groups is 1. The average molecular weight is 486 g/mol. The van der Waals surface area contributed by atoms with Crippen LogP contribution in [0, 0.1) is 5.92 Å². The van der Waals surface area contributed by atoms with E-state index >= 15 is 0 Å². The normalized spacial score (nSPS) is 17.0. The first-order valence-corrected chi connectivity index (χ1v) is 8.31. The minimum absolute atomic E-state index is 1.60. The molecule has 0 fully saturated rings. The second-order valence-corrected chi connectivity index (χ2v) is 6.39. The van der Waals surface area contributed by atoms with Crippen LogP contribution >= 0.6 is 7.82 Å². The summed E-state index contributed by atoms with van der Waals surface area (Å²) in [5, 5.41) is 0. The van der Waals surface area contributed by atoms with Crippen LogP contribution < -0.4 is 0 Å². The van der Waals surface area contributed by atoms with Crippen LogP contribution in [0.4, 0.5) is 53.0 Å². The number of ether oxygens (including phenoxy) is 2. The van der Waals surface area contributed by atoms with Gasteiger partial charge in [-0.05, 0) is 9.05 Å². The van der Waals surface area contributed by atoms with E-state index < -0.39 is 71.0 Å². The summed E-state index contributed by atoms with van der Waals surface area (Å²) in [6.07, 6.45) is -27.4. The van der Waals surface area contributed by atoms with Gasteiger partial charge in [0.2, 0.25) is 0 Å². The Labute approximate surface area is 153 Å². The second kappa shape index (κ2) is 11.5. The van der Waals surface area contributed by atoms with Gasteiger partial charge in [0.1, 0.15) is 0 Å². The molecule has 0 spiro atoms. The lowest BCUT2D eigenvalue weighted by Gasteiger charge is -2.26. The molecule has 29 heavy (non-hydrogen) atoms. The molecular formula is C10H11F12O6P. The van der Waals surface area contributed by atoms with Crippen molar-refractivity contribution in [2.45, 2.75) is 37.4 Å². The number of alkyl halides is 10. The molecule has 2 atom stereocenters. The molecule has 0 bridgehead atoms. The summed E-state index contributed by atoms with van der Waals surface area (Å²) in [4.78, 5) is 0. The molecule has 2 unspecified atom stereocenters. The van der Waals surface area contributed by atoms with E-state index in [1.54, 1.807) is 0 Å². The highest BCUT2D eigenvalue weighted by Crippen LogP contribution is 2.50. The molecule has 0 saturated heterocycles. The highest BCUT2D eigenvalue weighted by molar-refractivity contribution is 7.48. The highest BCUT2D eigenvalue weighted by atomic mass is 31.2. The Hall–Kier alpha value is -0.810. The van der Waals surface area contributed by atoms with Crippen LogP contribution in [0.15, 0.2) is 0 Å². The molecule has 0 aliphatic heterocycles. The van der Waals surface area contributed by atoms with E-state index in [0.29, 0.717) is 0 Å². The lowest BCUT2D eigenvalue weighted by molar-refractivity contribution is -0.312. The van der Waals surface area contributed by atoms with E-state index in [1.165, 1.54) is 0 Å². The molecule has 0 aromatic carbocycles. The summed E-state index contributed by atoms with van der Waals surface area (Å²) in [6, 6.07) is 0. The zero-order valence-corrected chi connectivity index (χ0v) is 14.3. The second-order valence-electron chi connectivity index (χ2n) is 4.97. The Morgan fingerprint density at radius 2 is 1.03 bits per heavy atom. The van der Waals surface area contributed by atoms with E-state index in [9.17, 15) is 57.5 Å². The van der Waals surface area contributed by atoms with Crippen molar-refractivity contribution in [2.24, 2.45) is 5.92 Å². The number of halogens is 12. The van der Waals surface area contributed by atoms with E-state index in [4.69, 9.17) is 0 Å². The quantitative estimate of drug-likeness (QED) is 0.241. The number of rotatable bonds is 15. The minimum Gasteiger partial charge on any atom is -0.318 e. The first-order chi connectivity index (χ1) is 13.1. The van der Waals surface area contributed by atoms with Crippen molar-refractivity contribution in [3.8, 4) is 0 Å². The van der Waals surface area contributed by atoms with Gasteiger partial charge in [0.25, 0.3) is 25.2 Å². The maximum Gasteiger partial charge on any atom is 0.537 e. The average Bonchev–Trinajstić information content (AvgIpc) is 2.65. The molecule has 0 heterocycles. The van der Waals surface area contributed by atoms with Crippen LogP contribution in [0.5, 0.6) is 0 Å². The number of hydrogen-bond acceptors (Lipinski definition) is 6. The summed E-state index contributed by atoms with van der Waals surface area (Å²) in [5.41, 5.74) is 0. The van der Waals surface area contributed by atoms with Crippen LogP contribution in [0.25, 0.3) is 0 Å². The fourth-order valence-electron chi connectivity index (χ4n) is 1.30.